The standard InChI is InChI=1S/C22H24N4O4/c1-4-15(2)23-20(27)19-21(28)25(14-16-9-8-12-18(13-16)30-3)22(29)26(24-19)17-10-6-5-7-11-17/h5-13,15H,4,14H2,1-3H3,(H,23,27). The van der Waals surface area contributed by atoms with Gasteiger partial charge in [-0.05, 0) is 43.2 Å². The normalized spacial score (nSPS) is 11.7. The van der Waals surface area contributed by atoms with E-state index in [2.05, 4.69) is 10.4 Å². The van der Waals surface area contributed by atoms with E-state index in [0.29, 0.717) is 23.4 Å². The highest BCUT2D eigenvalue weighted by Crippen LogP contribution is 2.13. The smallest absolute Gasteiger partial charge is 0.352 e. The van der Waals surface area contributed by atoms with Crippen molar-refractivity contribution in [2.75, 3.05) is 7.11 Å². The summed E-state index contributed by atoms with van der Waals surface area (Å²) in [6, 6.07) is 15.6. The van der Waals surface area contributed by atoms with Crippen molar-refractivity contribution in [1.29, 1.82) is 0 Å². The molecule has 156 valence electrons. The molecule has 1 N–H and O–H groups in total. The summed E-state index contributed by atoms with van der Waals surface area (Å²) in [4.78, 5) is 38.9. The Morgan fingerprint density at radius 2 is 1.87 bits per heavy atom. The van der Waals surface area contributed by atoms with E-state index in [1.165, 1.54) is 7.11 Å². The van der Waals surface area contributed by atoms with E-state index < -0.39 is 17.2 Å². The average molecular weight is 408 g/mol. The molecule has 0 spiro atoms. The third kappa shape index (κ3) is 4.48. The first-order valence-electron chi connectivity index (χ1n) is 9.68. The van der Waals surface area contributed by atoms with Gasteiger partial charge in [-0.3, -0.25) is 14.2 Å². The first-order valence-corrected chi connectivity index (χ1v) is 9.68. The Morgan fingerprint density at radius 1 is 1.13 bits per heavy atom. The molecule has 1 atom stereocenters. The highest BCUT2D eigenvalue weighted by molar-refractivity contribution is 5.91. The van der Waals surface area contributed by atoms with Crippen molar-refractivity contribution in [3.8, 4) is 11.4 Å². The summed E-state index contributed by atoms with van der Waals surface area (Å²) in [7, 11) is 1.54. The lowest BCUT2D eigenvalue weighted by Gasteiger charge is -2.14. The van der Waals surface area contributed by atoms with Gasteiger partial charge in [0.2, 0.25) is 5.69 Å². The van der Waals surface area contributed by atoms with Gasteiger partial charge in [0.15, 0.2) is 0 Å². The Kier molecular flexibility index (Phi) is 6.46. The predicted molar refractivity (Wildman–Crippen MR) is 113 cm³/mol. The molecule has 0 aliphatic carbocycles. The third-order valence-electron chi connectivity index (χ3n) is 4.74. The minimum atomic E-state index is -0.740. The fourth-order valence-electron chi connectivity index (χ4n) is 2.88. The van der Waals surface area contributed by atoms with Crippen LogP contribution in [0.1, 0.15) is 36.3 Å². The summed E-state index contributed by atoms with van der Waals surface area (Å²) in [5.74, 6) is -0.00819. The molecule has 8 heteroatoms. The Hall–Kier alpha value is -3.68. The first-order chi connectivity index (χ1) is 14.4. The summed E-state index contributed by atoms with van der Waals surface area (Å²) >= 11 is 0. The molecule has 1 aromatic heterocycles. The van der Waals surface area contributed by atoms with Crippen LogP contribution in [0.5, 0.6) is 5.75 Å². The summed E-state index contributed by atoms with van der Waals surface area (Å²) in [5, 5.41) is 6.84. The van der Waals surface area contributed by atoms with Crippen LogP contribution >= 0.6 is 0 Å². The van der Waals surface area contributed by atoms with E-state index in [1.54, 1.807) is 54.6 Å². The molecular weight excluding hydrogens is 384 g/mol. The molecule has 2 aromatic carbocycles. The molecular formula is C22H24N4O4. The number of ether oxygens (including phenoxy) is 1. The molecule has 0 aliphatic rings. The van der Waals surface area contributed by atoms with Crippen molar-refractivity contribution >= 4 is 5.91 Å². The lowest BCUT2D eigenvalue weighted by molar-refractivity contribution is 0.0929. The molecule has 3 aromatic rings. The van der Waals surface area contributed by atoms with Crippen LogP contribution in [0.4, 0.5) is 0 Å². The van der Waals surface area contributed by atoms with Gasteiger partial charge >= 0.3 is 5.69 Å². The zero-order chi connectivity index (χ0) is 21.7. The minimum Gasteiger partial charge on any atom is -0.497 e. The fourth-order valence-corrected chi connectivity index (χ4v) is 2.88. The van der Waals surface area contributed by atoms with Gasteiger partial charge in [-0.25, -0.2) is 4.79 Å². The third-order valence-corrected chi connectivity index (χ3v) is 4.74. The van der Waals surface area contributed by atoms with Gasteiger partial charge in [0.05, 0.1) is 19.3 Å². The minimum absolute atomic E-state index is 0.0200. The van der Waals surface area contributed by atoms with Crippen molar-refractivity contribution < 1.29 is 9.53 Å². The number of aromatic nitrogens is 3. The SMILES string of the molecule is CCC(C)NC(=O)c1nn(-c2ccccc2)c(=O)n(Cc2cccc(OC)c2)c1=O. The number of nitrogens with zero attached hydrogens (tertiary/aromatic N) is 3. The van der Waals surface area contributed by atoms with Crippen LogP contribution in [0.2, 0.25) is 0 Å². The average Bonchev–Trinajstić information content (AvgIpc) is 2.77. The van der Waals surface area contributed by atoms with Crippen LogP contribution in [0.15, 0.2) is 64.2 Å². The number of hydrogen-bond donors (Lipinski definition) is 1. The molecule has 0 bridgehead atoms. The molecule has 0 radical (unpaired) electrons. The lowest BCUT2D eigenvalue weighted by atomic mass is 10.2. The summed E-state index contributed by atoms with van der Waals surface area (Å²) < 4.78 is 7.31. The van der Waals surface area contributed by atoms with Gasteiger partial charge in [0, 0.05) is 6.04 Å². The van der Waals surface area contributed by atoms with Crippen molar-refractivity contribution in [3.63, 3.8) is 0 Å². The molecule has 0 saturated heterocycles. The number of methoxy groups -OCH3 is 1. The largest absolute Gasteiger partial charge is 0.497 e. The van der Waals surface area contributed by atoms with Crippen molar-refractivity contribution in [2.45, 2.75) is 32.9 Å². The van der Waals surface area contributed by atoms with Gasteiger partial charge < -0.3 is 10.1 Å². The van der Waals surface area contributed by atoms with Crippen LogP contribution in [-0.2, 0) is 6.54 Å². The fraction of sp³-hybridized carbons (Fsp3) is 0.273. The number of benzene rings is 2. The van der Waals surface area contributed by atoms with E-state index >= 15 is 0 Å². The Bertz CT molecular complexity index is 1150. The number of para-hydroxylation sites is 1. The van der Waals surface area contributed by atoms with Crippen molar-refractivity contribution in [2.24, 2.45) is 0 Å². The number of nitrogens with one attached hydrogen (secondary N) is 1. The van der Waals surface area contributed by atoms with Crippen LogP contribution in [0, 0.1) is 0 Å². The Morgan fingerprint density at radius 3 is 2.53 bits per heavy atom. The first kappa shape index (κ1) is 21.0. The van der Waals surface area contributed by atoms with Gasteiger partial charge in [0.25, 0.3) is 11.5 Å². The number of rotatable bonds is 7. The van der Waals surface area contributed by atoms with E-state index in [1.807, 2.05) is 13.8 Å². The quantitative estimate of drug-likeness (QED) is 0.645. The second-order valence-corrected chi connectivity index (χ2v) is 6.90. The van der Waals surface area contributed by atoms with E-state index in [0.717, 1.165) is 9.25 Å². The van der Waals surface area contributed by atoms with E-state index in [-0.39, 0.29) is 18.3 Å². The maximum absolute atomic E-state index is 13.1. The zero-order valence-corrected chi connectivity index (χ0v) is 17.2. The number of carbonyl (C=O) groups excluding carboxylic acids is 1. The van der Waals surface area contributed by atoms with E-state index in [4.69, 9.17) is 4.74 Å². The van der Waals surface area contributed by atoms with Crippen LogP contribution in [0.25, 0.3) is 5.69 Å². The Balaban J connectivity index is 2.16. The summed E-state index contributed by atoms with van der Waals surface area (Å²) in [6.07, 6.45) is 0.696. The van der Waals surface area contributed by atoms with Crippen LogP contribution < -0.4 is 21.3 Å². The molecule has 3 rings (SSSR count). The summed E-state index contributed by atoms with van der Waals surface area (Å²) in [6.45, 7) is 3.73. The van der Waals surface area contributed by atoms with E-state index in [9.17, 15) is 14.4 Å². The molecule has 30 heavy (non-hydrogen) atoms. The molecule has 1 amide bonds. The van der Waals surface area contributed by atoms with Crippen LogP contribution in [0.3, 0.4) is 0 Å². The second kappa shape index (κ2) is 9.21. The molecule has 1 heterocycles. The summed E-state index contributed by atoms with van der Waals surface area (Å²) in [5.41, 5.74) is -0.557. The van der Waals surface area contributed by atoms with Crippen molar-refractivity contribution in [1.82, 2.24) is 19.7 Å². The number of amides is 1. The molecule has 0 fully saturated rings. The predicted octanol–water partition coefficient (Wildman–Crippen LogP) is 1.98. The monoisotopic (exact) mass is 408 g/mol. The Labute approximate surface area is 173 Å². The zero-order valence-electron chi connectivity index (χ0n) is 17.2. The van der Waals surface area contributed by atoms with Gasteiger partial charge in [-0.15, -0.1) is 0 Å². The topological polar surface area (TPSA) is 95.2 Å². The maximum Gasteiger partial charge on any atom is 0.352 e. The molecule has 0 aliphatic heterocycles. The maximum atomic E-state index is 13.1. The molecule has 1 unspecified atom stereocenters. The van der Waals surface area contributed by atoms with Gasteiger partial charge in [-0.2, -0.15) is 9.78 Å². The van der Waals surface area contributed by atoms with Crippen molar-refractivity contribution in [3.05, 3.63) is 86.7 Å². The highest BCUT2D eigenvalue weighted by Gasteiger charge is 2.21. The van der Waals surface area contributed by atoms with Crippen LogP contribution in [-0.4, -0.2) is 33.4 Å². The van der Waals surface area contributed by atoms with Gasteiger partial charge in [-0.1, -0.05) is 37.3 Å². The highest BCUT2D eigenvalue weighted by atomic mass is 16.5. The molecule has 0 saturated carbocycles. The number of carbonyl (C=O) groups is 1. The lowest BCUT2D eigenvalue weighted by Crippen LogP contribution is -2.47. The number of hydrogen-bond acceptors (Lipinski definition) is 5. The molecule has 8 nitrogen and oxygen atoms in total. The second-order valence-electron chi connectivity index (χ2n) is 6.90. The van der Waals surface area contributed by atoms with Gasteiger partial charge in [0.1, 0.15) is 5.75 Å².